The van der Waals surface area contributed by atoms with E-state index in [0.717, 1.165) is 19.1 Å². The maximum atomic E-state index is 5.48. The molecule has 0 radical (unpaired) electrons. The number of hydrogen-bond acceptors (Lipinski definition) is 1. The van der Waals surface area contributed by atoms with Gasteiger partial charge in [0.05, 0.1) is 13.2 Å². The van der Waals surface area contributed by atoms with E-state index in [9.17, 15) is 0 Å². The minimum Gasteiger partial charge on any atom is -0.377 e. The Morgan fingerprint density at radius 1 is 1.25 bits per heavy atom. The highest BCUT2D eigenvalue weighted by Crippen LogP contribution is 2.31. The Kier molecular flexibility index (Phi) is 2.50. The van der Waals surface area contributed by atoms with Crippen LogP contribution in [0.1, 0.15) is 39.0 Å². The molecule has 0 aromatic heterocycles. The summed E-state index contributed by atoms with van der Waals surface area (Å²) in [7, 11) is 0. The fourth-order valence-corrected chi connectivity index (χ4v) is 2.36. The average molecular weight is 166 g/mol. The first-order valence-corrected chi connectivity index (χ1v) is 5.14. The zero-order valence-corrected chi connectivity index (χ0v) is 7.94. The summed E-state index contributed by atoms with van der Waals surface area (Å²) in [4.78, 5) is 0. The summed E-state index contributed by atoms with van der Waals surface area (Å²) < 4.78 is 5.48. The number of ether oxygens (including phenoxy) is 1. The second-order valence-electron chi connectivity index (χ2n) is 4.21. The summed E-state index contributed by atoms with van der Waals surface area (Å²) in [6.07, 6.45) is 6.67. The van der Waals surface area contributed by atoms with Crippen LogP contribution in [-0.4, -0.2) is 13.2 Å². The van der Waals surface area contributed by atoms with E-state index in [1.54, 1.807) is 11.1 Å². The molecule has 1 aliphatic carbocycles. The molecule has 1 atom stereocenters. The van der Waals surface area contributed by atoms with E-state index in [0.29, 0.717) is 0 Å². The van der Waals surface area contributed by atoms with Crippen LogP contribution in [0.25, 0.3) is 0 Å². The molecule has 2 aliphatic rings. The monoisotopic (exact) mass is 166 g/mol. The first-order valence-electron chi connectivity index (χ1n) is 5.14. The quantitative estimate of drug-likeness (QED) is 0.503. The van der Waals surface area contributed by atoms with Crippen molar-refractivity contribution in [2.75, 3.05) is 13.2 Å². The van der Waals surface area contributed by atoms with Crippen molar-refractivity contribution in [1.82, 2.24) is 0 Å². The molecule has 68 valence electrons. The van der Waals surface area contributed by atoms with Crippen LogP contribution in [0, 0.1) is 5.92 Å². The van der Waals surface area contributed by atoms with Crippen LogP contribution in [0.5, 0.6) is 0 Å². The molecule has 0 fully saturated rings. The normalized spacial score (nSPS) is 31.2. The Hall–Kier alpha value is -0.300. The van der Waals surface area contributed by atoms with Crippen molar-refractivity contribution in [2.24, 2.45) is 5.92 Å². The van der Waals surface area contributed by atoms with Crippen LogP contribution < -0.4 is 0 Å². The number of hydrogen-bond donors (Lipinski definition) is 0. The molecule has 1 heteroatoms. The second-order valence-corrected chi connectivity index (χ2v) is 4.21. The van der Waals surface area contributed by atoms with Crippen LogP contribution in [0.3, 0.4) is 0 Å². The molecule has 1 nitrogen and oxygen atoms in total. The average Bonchev–Trinajstić information content (AvgIpc) is 2.25. The maximum Gasteiger partial charge on any atom is 0.0679 e. The SMILES string of the molecule is CC1CCCC2=C(COCC2)C1. The maximum absolute atomic E-state index is 5.48. The van der Waals surface area contributed by atoms with E-state index in [2.05, 4.69) is 6.92 Å². The summed E-state index contributed by atoms with van der Waals surface area (Å²) in [6, 6.07) is 0. The van der Waals surface area contributed by atoms with Crippen LogP contribution in [-0.2, 0) is 4.74 Å². The van der Waals surface area contributed by atoms with Gasteiger partial charge in [-0.15, -0.1) is 0 Å². The fourth-order valence-electron chi connectivity index (χ4n) is 2.36. The lowest BCUT2D eigenvalue weighted by atomic mass is 9.97. The predicted molar refractivity (Wildman–Crippen MR) is 50.1 cm³/mol. The van der Waals surface area contributed by atoms with Gasteiger partial charge >= 0.3 is 0 Å². The molecule has 1 unspecified atom stereocenters. The molecule has 0 N–H and O–H groups in total. The Balaban J connectivity index is 2.12. The first-order chi connectivity index (χ1) is 5.86. The van der Waals surface area contributed by atoms with Gasteiger partial charge in [0.15, 0.2) is 0 Å². The van der Waals surface area contributed by atoms with Gasteiger partial charge in [-0.3, -0.25) is 0 Å². The third-order valence-electron chi connectivity index (χ3n) is 3.09. The third-order valence-corrected chi connectivity index (χ3v) is 3.09. The lowest BCUT2D eigenvalue weighted by molar-refractivity contribution is 0.142. The van der Waals surface area contributed by atoms with Crippen molar-refractivity contribution in [3.63, 3.8) is 0 Å². The molecule has 0 aromatic rings. The van der Waals surface area contributed by atoms with Gasteiger partial charge in [-0.25, -0.2) is 0 Å². The van der Waals surface area contributed by atoms with Gasteiger partial charge < -0.3 is 4.74 Å². The second kappa shape index (κ2) is 3.61. The highest BCUT2D eigenvalue weighted by atomic mass is 16.5. The van der Waals surface area contributed by atoms with Crippen molar-refractivity contribution in [3.05, 3.63) is 11.1 Å². The highest BCUT2D eigenvalue weighted by Gasteiger charge is 2.18. The predicted octanol–water partition coefficient (Wildman–Crippen LogP) is 2.91. The largest absolute Gasteiger partial charge is 0.377 e. The third kappa shape index (κ3) is 1.71. The van der Waals surface area contributed by atoms with E-state index < -0.39 is 0 Å². The number of rotatable bonds is 0. The zero-order chi connectivity index (χ0) is 8.39. The van der Waals surface area contributed by atoms with E-state index in [1.807, 2.05) is 0 Å². The van der Waals surface area contributed by atoms with Crippen LogP contribution in [0.2, 0.25) is 0 Å². The van der Waals surface area contributed by atoms with Crippen LogP contribution in [0.4, 0.5) is 0 Å². The Morgan fingerprint density at radius 3 is 3.08 bits per heavy atom. The zero-order valence-electron chi connectivity index (χ0n) is 7.94. The van der Waals surface area contributed by atoms with Crippen molar-refractivity contribution in [1.29, 1.82) is 0 Å². The van der Waals surface area contributed by atoms with Crippen LogP contribution in [0.15, 0.2) is 11.1 Å². The molecule has 1 aliphatic heterocycles. The van der Waals surface area contributed by atoms with Crippen molar-refractivity contribution in [3.8, 4) is 0 Å². The molecule has 0 saturated carbocycles. The Morgan fingerprint density at radius 2 is 2.17 bits per heavy atom. The Labute approximate surface area is 74.8 Å². The smallest absolute Gasteiger partial charge is 0.0679 e. The van der Waals surface area contributed by atoms with Gasteiger partial charge in [-0.2, -0.15) is 0 Å². The topological polar surface area (TPSA) is 9.23 Å². The lowest BCUT2D eigenvalue weighted by Gasteiger charge is -2.19. The summed E-state index contributed by atoms with van der Waals surface area (Å²) >= 11 is 0. The minimum absolute atomic E-state index is 0.888. The molecule has 0 spiro atoms. The van der Waals surface area contributed by atoms with Gasteiger partial charge in [0.25, 0.3) is 0 Å². The molecular formula is C11H18O. The van der Waals surface area contributed by atoms with E-state index in [1.165, 1.54) is 32.1 Å². The van der Waals surface area contributed by atoms with Gasteiger partial charge in [0.1, 0.15) is 0 Å². The first kappa shape index (κ1) is 8.31. The van der Waals surface area contributed by atoms with Crippen molar-refractivity contribution < 1.29 is 4.74 Å². The van der Waals surface area contributed by atoms with Gasteiger partial charge in [-0.05, 0) is 37.2 Å². The van der Waals surface area contributed by atoms with E-state index in [-0.39, 0.29) is 0 Å². The standard InChI is InChI=1S/C11H18O/c1-9-3-2-4-10-5-6-12-8-11(10)7-9/h9H,2-8H2,1H3. The molecule has 2 rings (SSSR count). The molecule has 0 amide bonds. The van der Waals surface area contributed by atoms with Gasteiger partial charge in [-0.1, -0.05) is 18.9 Å². The molecule has 0 bridgehead atoms. The summed E-state index contributed by atoms with van der Waals surface area (Å²) in [5.74, 6) is 0.888. The van der Waals surface area contributed by atoms with Crippen molar-refractivity contribution >= 4 is 0 Å². The fraction of sp³-hybridized carbons (Fsp3) is 0.818. The van der Waals surface area contributed by atoms with Crippen LogP contribution >= 0.6 is 0 Å². The summed E-state index contributed by atoms with van der Waals surface area (Å²) in [5, 5.41) is 0. The lowest BCUT2D eigenvalue weighted by Crippen LogP contribution is -2.11. The molecule has 12 heavy (non-hydrogen) atoms. The van der Waals surface area contributed by atoms with E-state index in [4.69, 9.17) is 4.74 Å². The molecule has 1 heterocycles. The minimum atomic E-state index is 0.888. The van der Waals surface area contributed by atoms with Gasteiger partial charge in [0, 0.05) is 0 Å². The summed E-state index contributed by atoms with van der Waals surface area (Å²) in [6.45, 7) is 4.26. The molecule has 0 aromatic carbocycles. The highest BCUT2D eigenvalue weighted by molar-refractivity contribution is 5.18. The van der Waals surface area contributed by atoms with Crippen molar-refractivity contribution in [2.45, 2.75) is 39.0 Å². The molecule has 0 saturated heterocycles. The summed E-state index contributed by atoms with van der Waals surface area (Å²) in [5.41, 5.74) is 3.36. The van der Waals surface area contributed by atoms with Gasteiger partial charge in [0.2, 0.25) is 0 Å². The Bertz CT molecular complexity index is 193. The molecular weight excluding hydrogens is 148 g/mol. The van der Waals surface area contributed by atoms with E-state index >= 15 is 0 Å².